The van der Waals surface area contributed by atoms with Gasteiger partial charge in [-0.2, -0.15) is 0 Å². The number of carbonyl (C=O) groups is 2. The second kappa shape index (κ2) is 5.97. The fraction of sp³-hybridized carbons (Fsp3) is 0.333. The van der Waals surface area contributed by atoms with E-state index in [2.05, 4.69) is 20.3 Å². The molecular weight excluding hydrogens is 284 g/mol. The molecule has 1 aliphatic rings. The lowest BCUT2D eigenvalue weighted by atomic mass is 10.2. The maximum absolute atomic E-state index is 11.8. The van der Waals surface area contributed by atoms with E-state index in [1.165, 1.54) is 0 Å². The van der Waals surface area contributed by atoms with Crippen molar-refractivity contribution in [2.45, 2.75) is 19.8 Å². The van der Waals surface area contributed by atoms with E-state index in [4.69, 9.17) is 4.74 Å². The number of nitrogens with zero attached hydrogens (tertiary/aromatic N) is 2. The Morgan fingerprint density at radius 3 is 2.95 bits per heavy atom. The standard InChI is InChI=1S/C15H16N4O3/c1-2-22-15(21)13-17-8-11(18-13)10-5-6-16-12(7-10)19-14(20)9-3-4-9/h5-9H,2-4H2,1H3,(H,17,18)(H,16,19,20). The highest BCUT2D eigenvalue weighted by Gasteiger charge is 2.29. The third-order valence-electron chi connectivity index (χ3n) is 3.31. The number of esters is 1. The number of carbonyl (C=O) groups excluding carboxylic acids is 2. The Morgan fingerprint density at radius 1 is 1.41 bits per heavy atom. The van der Waals surface area contributed by atoms with Crippen LogP contribution in [0.4, 0.5) is 5.82 Å². The summed E-state index contributed by atoms with van der Waals surface area (Å²) < 4.78 is 4.88. The minimum atomic E-state index is -0.495. The van der Waals surface area contributed by atoms with Gasteiger partial charge in [-0.05, 0) is 31.9 Å². The van der Waals surface area contributed by atoms with Gasteiger partial charge in [0.2, 0.25) is 11.7 Å². The molecule has 2 aromatic heterocycles. The number of imidazole rings is 1. The zero-order chi connectivity index (χ0) is 15.5. The molecule has 3 rings (SSSR count). The van der Waals surface area contributed by atoms with Crippen molar-refractivity contribution in [1.82, 2.24) is 15.0 Å². The van der Waals surface area contributed by atoms with Gasteiger partial charge in [0.1, 0.15) is 5.82 Å². The third-order valence-corrected chi connectivity index (χ3v) is 3.31. The molecule has 114 valence electrons. The monoisotopic (exact) mass is 300 g/mol. The van der Waals surface area contributed by atoms with Gasteiger partial charge in [0.15, 0.2) is 0 Å². The number of nitrogens with one attached hydrogen (secondary N) is 2. The molecule has 2 aromatic rings. The average molecular weight is 300 g/mol. The molecule has 0 saturated heterocycles. The Labute approximate surface area is 127 Å². The van der Waals surface area contributed by atoms with Crippen molar-refractivity contribution in [2.24, 2.45) is 5.92 Å². The van der Waals surface area contributed by atoms with Crippen molar-refractivity contribution in [3.63, 3.8) is 0 Å². The molecule has 1 saturated carbocycles. The molecule has 0 radical (unpaired) electrons. The summed E-state index contributed by atoms with van der Waals surface area (Å²) in [6, 6.07) is 3.51. The van der Waals surface area contributed by atoms with Crippen LogP contribution in [0.15, 0.2) is 24.5 Å². The Kier molecular flexibility index (Phi) is 3.86. The van der Waals surface area contributed by atoms with Gasteiger partial charge in [0, 0.05) is 17.7 Å². The van der Waals surface area contributed by atoms with E-state index in [1.54, 1.807) is 31.5 Å². The molecule has 7 heteroatoms. The zero-order valence-electron chi connectivity index (χ0n) is 12.1. The largest absolute Gasteiger partial charge is 0.460 e. The maximum atomic E-state index is 11.8. The summed E-state index contributed by atoms with van der Waals surface area (Å²) >= 11 is 0. The number of amides is 1. The lowest BCUT2D eigenvalue weighted by Gasteiger charge is -2.04. The van der Waals surface area contributed by atoms with E-state index in [1.807, 2.05) is 0 Å². The molecule has 1 aliphatic carbocycles. The first-order valence-corrected chi connectivity index (χ1v) is 7.16. The number of hydrogen-bond acceptors (Lipinski definition) is 5. The molecule has 1 amide bonds. The van der Waals surface area contributed by atoms with Crippen LogP contribution in [0, 0.1) is 5.92 Å². The topological polar surface area (TPSA) is 97.0 Å². The highest BCUT2D eigenvalue weighted by Crippen LogP contribution is 2.30. The number of aromatic amines is 1. The summed E-state index contributed by atoms with van der Waals surface area (Å²) in [4.78, 5) is 34.4. The van der Waals surface area contributed by atoms with Crippen LogP contribution in [0.1, 0.15) is 30.4 Å². The molecule has 0 atom stereocenters. The van der Waals surface area contributed by atoms with Crippen LogP contribution in [0.3, 0.4) is 0 Å². The summed E-state index contributed by atoms with van der Waals surface area (Å²) in [5.41, 5.74) is 1.44. The highest BCUT2D eigenvalue weighted by molar-refractivity contribution is 5.93. The predicted molar refractivity (Wildman–Crippen MR) is 79.1 cm³/mol. The van der Waals surface area contributed by atoms with E-state index in [0.717, 1.165) is 18.4 Å². The highest BCUT2D eigenvalue weighted by atomic mass is 16.5. The molecule has 2 heterocycles. The molecular formula is C15H16N4O3. The molecule has 2 N–H and O–H groups in total. The van der Waals surface area contributed by atoms with Crippen molar-refractivity contribution in [1.29, 1.82) is 0 Å². The smallest absolute Gasteiger partial charge is 0.374 e. The molecule has 1 fully saturated rings. The number of ether oxygens (including phenoxy) is 1. The van der Waals surface area contributed by atoms with Gasteiger partial charge >= 0.3 is 5.97 Å². The molecule has 7 nitrogen and oxygen atoms in total. The van der Waals surface area contributed by atoms with Crippen LogP contribution in [-0.4, -0.2) is 33.4 Å². The van der Waals surface area contributed by atoms with Crippen LogP contribution >= 0.6 is 0 Å². The van der Waals surface area contributed by atoms with E-state index < -0.39 is 5.97 Å². The van der Waals surface area contributed by atoms with Crippen LogP contribution in [0.2, 0.25) is 0 Å². The quantitative estimate of drug-likeness (QED) is 0.823. The van der Waals surface area contributed by atoms with Crippen LogP contribution in [-0.2, 0) is 9.53 Å². The fourth-order valence-electron chi connectivity index (χ4n) is 2.01. The van der Waals surface area contributed by atoms with E-state index in [0.29, 0.717) is 18.1 Å². The first kappa shape index (κ1) is 14.2. The number of hydrogen-bond donors (Lipinski definition) is 2. The number of H-pyrrole nitrogens is 1. The first-order chi connectivity index (χ1) is 10.7. The number of aromatic nitrogens is 3. The maximum Gasteiger partial charge on any atom is 0.374 e. The van der Waals surface area contributed by atoms with Crippen molar-refractivity contribution in [3.05, 3.63) is 30.4 Å². The number of rotatable bonds is 5. The summed E-state index contributed by atoms with van der Waals surface area (Å²) in [6.07, 6.45) is 5.03. The van der Waals surface area contributed by atoms with Gasteiger partial charge in [0.05, 0.1) is 18.5 Å². The second-order valence-corrected chi connectivity index (χ2v) is 5.06. The van der Waals surface area contributed by atoms with Gasteiger partial charge in [-0.15, -0.1) is 0 Å². The van der Waals surface area contributed by atoms with E-state index in [9.17, 15) is 9.59 Å². The zero-order valence-corrected chi connectivity index (χ0v) is 12.1. The van der Waals surface area contributed by atoms with Crippen molar-refractivity contribution >= 4 is 17.7 Å². The van der Waals surface area contributed by atoms with Crippen molar-refractivity contribution < 1.29 is 14.3 Å². The van der Waals surface area contributed by atoms with Gasteiger partial charge in [-0.1, -0.05) is 0 Å². The Balaban J connectivity index is 1.76. The Hall–Kier alpha value is -2.70. The second-order valence-electron chi connectivity index (χ2n) is 5.06. The van der Waals surface area contributed by atoms with Crippen molar-refractivity contribution in [3.8, 4) is 11.3 Å². The van der Waals surface area contributed by atoms with Crippen LogP contribution in [0.5, 0.6) is 0 Å². The average Bonchev–Trinajstić information content (AvgIpc) is 3.25. The summed E-state index contributed by atoms with van der Waals surface area (Å²) in [5.74, 6) is 0.262. The fourth-order valence-corrected chi connectivity index (χ4v) is 2.01. The Bertz CT molecular complexity index is 706. The number of pyridine rings is 1. The molecule has 0 aromatic carbocycles. The normalized spacial score (nSPS) is 13.7. The van der Waals surface area contributed by atoms with Crippen molar-refractivity contribution in [2.75, 3.05) is 11.9 Å². The summed E-state index contributed by atoms with van der Waals surface area (Å²) in [6.45, 7) is 2.03. The Morgan fingerprint density at radius 2 is 2.23 bits per heavy atom. The summed E-state index contributed by atoms with van der Waals surface area (Å²) in [7, 11) is 0. The summed E-state index contributed by atoms with van der Waals surface area (Å²) in [5, 5.41) is 2.79. The molecule has 0 aliphatic heterocycles. The van der Waals surface area contributed by atoms with E-state index in [-0.39, 0.29) is 17.6 Å². The SMILES string of the molecule is CCOC(=O)c1ncc(-c2ccnc(NC(=O)C3CC3)c2)[nH]1. The van der Waals surface area contributed by atoms with Gasteiger partial charge in [0.25, 0.3) is 0 Å². The molecule has 0 unspecified atom stereocenters. The minimum absolute atomic E-state index is 0.00136. The number of anilines is 1. The lowest BCUT2D eigenvalue weighted by Crippen LogP contribution is -2.14. The van der Waals surface area contributed by atoms with Crippen LogP contribution in [0.25, 0.3) is 11.3 Å². The van der Waals surface area contributed by atoms with Gasteiger partial charge in [-0.3, -0.25) is 4.79 Å². The lowest BCUT2D eigenvalue weighted by molar-refractivity contribution is -0.117. The minimum Gasteiger partial charge on any atom is -0.460 e. The van der Waals surface area contributed by atoms with Gasteiger partial charge < -0.3 is 15.0 Å². The van der Waals surface area contributed by atoms with Gasteiger partial charge in [-0.25, -0.2) is 14.8 Å². The molecule has 0 bridgehead atoms. The molecule has 22 heavy (non-hydrogen) atoms. The molecule has 0 spiro atoms. The van der Waals surface area contributed by atoms with E-state index >= 15 is 0 Å². The van der Waals surface area contributed by atoms with Crippen LogP contribution < -0.4 is 5.32 Å². The first-order valence-electron chi connectivity index (χ1n) is 7.16. The predicted octanol–water partition coefficient (Wildman–Crippen LogP) is 2.00. The third kappa shape index (κ3) is 3.13.